The first-order valence-electron chi connectivity index (χ1n) is 8.63. The average Bonchev–Trinajstić information content (AvgIpc) is 3.05. The predicted molar refractivity (Wildman–Crippen MR) is 102 cm³/mol. The highest BCUT2D eigenvalue weighted by molar-refractivity contribution is 6.30. The van der Waals surface area contributed by atoms with Crippen LogP contribution in [0.25, 0.3) is 0 Å². The molecular formula is C20H21ClN2O4. The number of phenols is 1. The molecule has 1 saturated heterocycles. The van der Waals surface area contributed by atoms with E-state index in [1.54, 1.807) is 36.4 Å². The third-order valence-electron chi connectivity index (χ3n) is 4.66. The van der Waals surface area contributed by atoms with Crippen LogP contribution in [0.15, 0.2) is 48.5 Å². The predicted octanol–water partition coefficient (Wildman–Crippen LogP) is 2.59. The van der Waals surface area contributed by atoms with E-state index < -0.39 is 6.04 Å². The summed E-state index contributed by atoms with van der Waals surface area (Å²) in [5, 5.41) is 13.5. The van der Waals surface area contributed by atoms with Crippen LogP contribution >= 0.6 is 11.6 Å². The number of aromatic hydroxyl groups is 1. The fraction of sp³-hybridized carbons (Fsp3) is 0.300. The van der Waals surface area contributed by atoms with Gasteiger partial charge in [-0.2, -0.15) is 0 Å². The Bertz CT molecular complexity index is 842. The van der Waals surface area contributed by atoms with Gasteiger partial charge in [0.2, 0.25) is 0 Å². The lowest BCUT2D eigenvalue weighted by molar-refractivity contribution is -0.146. The molecule has 0 saturated carbocycles. The van der Waals surface area contributed by atoms with Crippen molar-refractivity contribution < 1.29 is 19.4 Å². The van der Waals surface area contributed by atoms with Gasteiger partial charge in [0.1, 0.15) is 11.8 Å². The minimum absolute atomic E-state index is 0.174. The zero-order chi connectivity index (χ0) is 19.4. The van der Waals surface area contributed by atoms with E-state index >= 15 is 0 Å². The molecule has 0 radical (unpaired) electrons. The molecule has 6 nitrogen and oxygen atoms in total. The number of nitrogens with zero attached hydrogens (tertiary/aromatic N) is 1. The van der Waals surface area contributed by atoms with Crippen LogP contribution in [0.3, 0.4) is 0 Å². The van der Waals surface area contributed by atoms with Crippen molar-refractivity contribution in [3.05, 3.63) is 64.7 Å². The van der Waals surface area contributed by atoms with Crippen molar-refractivity contribution in [2.24, 2.45) is 0 Å². The third kappa shape index (κ3) is 4.59. The molecule has 1 aliphatic rings. The van der Waals surface area contributed by atoms with E-state index in [0.29, 0.717) is 35.7 Å². The number of likely N-dealkylation sites (tertiary alicyclic amines) is 1. The number of phenolic OH excluding ortho intramolecular Hbond substituents is 1. The van der Waals surface area contributed by atoms with Crippen LogP contribution in [0.1, 0.15) is 22.3 Å². The second-order valence-corrected chi connectivity index (χ2v) is 6.95. The Morgan fingerprint density at radius 1 is 1.26 bits per heavy atom. The summed E-state index contributed by atoms with van der Waals surface area (Å²) in [6.45, 7) is 0.858. The minimum atomic E-state index is -0.487. The van der Waals surface area contributed by atoms with Crippen molar-refractivity contribution in [3.8, 4) is 5.75 Å². The molecule has 2 atom stereocenters. The first kappa shape index (κ1) is 19.2. The minimum Gasteiger partial charge on any atom is -0.508 e. The molecule has 2 N–H and O–H groups in total. The second-order valence-electron chi connectivity index (χ2n) is 6.51. The third-order valence-corrected chi connectivity index (χ3v) is 4.90. The number of esters is 1. The van der Waals surface area contributed by atoms with Gasteiger partial charge >= 0.3 is 5.97 Å². The Balaban J connectivity index is 1.72. The summed E-state index contributed by atoms with van der Waals surface area (Å²) in [4.78, 5) is 26.6. The van der Waals surface area contributed by atoms with Gasteiger partial charge in [0.05, 0.1) is 7.11 Å². The molecule has 0 aliphatic carbocycles. The molecule has 1 fully saturated rings. The molecule has 1 aliphatic heterocycles. The van der Waals surface area contributed by atoms with Gasteiger partial charge in [-0.1, -0.05) is 35.9 Å². The first-order valence-corrected chi connectivity index (χ1v) is 9.01. The van der Waals surface area contributed by atoms with Gasteiger partial charge in [-0.15, -0.1) is 0 Å². The van der Waals surface area contributed by atoms with Gasteiger partial charge in [-0.25, -0.2) is 0 Å². The van der Waals surface area contributed by atoms with Crippen LogP contribution in [-0.4, -0.2) is 47.6 Å². The molecular weight excluding hydrogens is 368 g/mol. The van der Waals surface area contributed by atoms with Crippen LogP contribution < -0.4 is 5.32 Å². The Kier molecular flexibility index (Phi) is 5.98. The van der Waals surface area contributed by atoms with E-state index in [4.69, 9.17) is 16.3 Å². The van der Waals surface area contributed by atoms with Crippen LogP contribution in [0, 0.1) is 0 Å². The van der Waals surface area contributed by atoms with Crippen LogP contribution in [0.5, 0.6) is 5.75 Å². The van der Waals surface area contributed by atoms with Gasteiger partial charge in [0.15, 0.2) is 0 Å². The van der Waals surface area contributed by atoms with Gasteiger partial charge in [0.25, 0.3) is 5.91 Å². The molecule has 7 heteroatoms. The van der Waals surface area contributed by atoms with E-state index in [-0.39, 0.29) is 23.7 Å². The highest BCUT2D eigenvalue weighted by atomic mass is 35.5. The molecule has 27 heavy (non-hydrogen) atoms. The molecule has 0 spiro atoms. The summed E-state index contributed by atoms with van der Waals surface area (Å²) < 4.78 is 4.91. The molecule has 1 amide bonds. The van der Waals surface area contributed by atoms with Gasteiger partial charge in [-0.3, -0.25) is 14.5 Å². The average molecular weight is 389 g/mol. The summed E-state index contributed by atoms with van der Waals surface area (Å²) in [5.41, 5.74) is 1.18. The molecule has 142 valence electrons. The van der Waals surface area contributed by atoms with Crippen molar-refractivity contribution in [2.75, 3.05) is 13.7 Å². The van der Waals surface area contributed by atoms with Crippen molar-refractivity contribution in [2.45, 2.75) is 25.0 Å². The highest BCUT2D eigenvalue weighted by Gasteiger charge is 2.38. The largest absolute Gasteiger partial charge is 0.508 e. The number of halogens is 1. The van der Waals surface area contributed by atoms with Crippen molar-refractivity contribution >= 4 is 23.5 Å². The van der Waals surface area contributed by atoms with Gasteiger partial charge in [0, 0.05) is 35.3 Å². The van der Waals surface area contributed by atoms with E-state index in [0.717, 1.165) is 0 Å². The molecule has 3 rings (SSSR count). The Morgan fingerprint density at radius 2 is 2.04 bits per heavy atom. The first-order chi connectivity index (χ1) is 13.0. The Labute approximate surface area is 162 Å². The summed E-state index contributed by atoms with van der Waals surface area (Å²) in [5.74, 6) is -0.423. The standard InChI is InChI=1S/C20H21ClN2O4/c1-27-20(26)17-10-16(22-19(25)13-6-4-7-15(21)9-13)12-23(17)11-14-5-2-3-8-18(14)24/h2-9,16-17,24H,10-12H2,1H3,(H,22,25)/t16-,17-/m0/s1. The molecule has 2 aromatic carbocycles. The number of amides is 1. The number of nitrogens with one attached hydrogen (secondary N) is 1. The molecule has 0 unspecified atom stereocenters. The van der Waals surface area contributed by atoms with Gasteiger partial charge in [-0.05, 0) is 30.7 Å². The number of hydrogen-bond acceptors (Lipinski definition) is 5. The molecule has 2 aromatic rings. The molecule has 0 aromatic heterocycles. The number of carbonyl (C=O) groups is 2. The fourth-order valence-electron chi connectivity index (χ4n) is 3.33. The van der Waals surface area contributed by atoms with Crippen molar-refractivity contribution in [1.82, 2.24) is 10.2 Å². The number of methoxy groups -OCH3 is 1. The van der Waals surface area contributed by atoms with Crippen LogP contribution in [0.2, 0.25) is 5.02 Å². The monoisotopic (exact) mass is 388 g/mol. The van der Waals surface area contributed by atoms with Crippen LogP contribution in [-0.2, 0) is 16.1 Å². The lowest BCUT2D eigenvalue weighted by Gasteiger charge is -2.22. The van der Waals surface area contributed by atoms with E-state index in [2.05, 4.69) is 5.32 Å². The lowest BCUT2D eigenvalue weighted by Crippen LogP contribution is -2.37. The maximum Gasteiger partial charge on any atom is 0.323 e. The summed E-state index contributed by atoms with van der Waals surface area (Å²) in [6, 6.07) is 13.0. The van der Waals surface area contributed by atoms with E-state index in [1.165, 1.54) is 7.11 Å². The normalized spacial score (nSPS) is 19.6. The topological polar surface area (TPSA) is 78.9 Å². The van der Waals surface area contributed by atoms with E-state index in [9.17, 15) is 14.7 Å². The van der Waals surface area contributed by atoms with E-state index in [1.807, 2.05) is 17.0 Å². The highest BCUT2D eigenvalue weighted by Crippen LogP contribution is 2.25. The number of benzene rings is 2. The van der Waals surface area contributed by atoms with Gasteiger partial charge < -0.3 is 15.2 Å². The number of para-hydroxylation sites is 1. The smallest absolute Gasteiger partial charge is 0.323 e. The maximum absolute atomic E-state index is 12.5. The van der Waals surface area contributed by atoms with Crippen LogP contribution in [0.4, 0.5) is 0 Å². The number of rotatable bonds is 5. The number of carbonyl (C=O) groups excluding carboxylic acids is 2. The summed E-state index contributed by atoms with van der Waals surface area (Å²) in [6.07, 6.45) is 0.437. The summed E-state index contributed by atoms with van der Waals surface area (Å²) in [7, 11) is 1.35. The zero-order valence-electron chi connectivity index (χ0n) is 14.9. The second kappa shape index (κ2) is 8.41. The van der Waals surface area contributed by atoms with Crippen molar-refractivity contribution in [3.63, 3.8) is 0 Å². The Morgan fingerprint density at radius 3 is 2.74 bits per heavy atom. The quantitative estimate of drug-likeness (QED) is 0.770. The lowest BCUT2D eigenvalue weighted by atomic mass is 10.1. The fourth-order valence-corrected chi connectivity index (χ4v) is 3.52. The SMILES string of the molecule is COC(=O)[C@@H]1C[C@H](NC(=O)c2cccc(Cl)c2)CN1Cc1ccccc1O. The maximum atomic E-state index is 12.5. The molecule has 0 bridgehead atoms. The van der Waals surface area contributed by atoms with Crippen molar-refractivity contribution in [1.29, 1.82) is 0 Å². The zero-order valence-corrected chi connectivity index (χ0v) is 15.6. The number of hydrogen-bond donors (Lipinski definition) is 2. The number of ether oxygens (including phenoxy) is 1. The summed E-state index contributed by atoms with van der Waals surface area (Å²) >= 11 is 5.94. The molecule has 1 heterocycles. The Hall–Kier alpha value is -2.57.